The summed E-state index contributed by atoms with van der Waals surface area (Å²) in [5.41, 5.74) is 0. The summed E-state index contributed by atoms with van der Waals surface area (Å²) in [7, 11) is -18.5. The van der Waals surface area contributed by atoms with Crippen molar-refractivity contribution in [3.05, 3.63) is 72.8 Å². The fraction of sp³-hybridized carbons (Fsp3) is 0. The minimum Gasteiger partial charge on any atom is -0.282 e. The molecular weight excluding hydrogens is 560 g/mol. The lowest BCUT2D eigenvalue weighted by Crippen LogP contribution is -2.09. The molecule has 4 rings (SSSR count). The number of hydrogen-bond acceptors (Lipinski definition) is 8. The molecule has 0 saturated carbocycles. The third-order valence-electron chi connectivity index (χ3n) is 4.78. The van der Waals surface area contributed by atoms with E-state index in [0.717, 1.165) is 18.2 Å². The molecule has 0 radical (unpaired) electrons. The normalized spacial score (nSPS) is 12.8. The van der Waals surface area contributed by atoms with Crippen LogP contribution in [0.2, 0.25) is 0 Å². The highest BCUT2D eigenvalue weighted by molar-refractivity contribution is 7.89. The van der Waals surface area contributed by atoms with Gasteiger partial charge in [0.1, 0.15) is 19.6 Å². The summed E-state index contributed by atoms with van der Waals surface area (Å²) in [5, 5.41) is 0.498. The van der Waals surface area contributed by atoms with Crippen LogP contribution in [0.1, 0.15) is 0 Å². The van der Waals surface area contributed by atoms with Gasteiger partial charge in [-0.2, -0.15) is 33.7 Å². The number of benzene rings is 4. The average molecular weight is 577 g/mol. The first-order valence-electron chi connectivity index (χ1n) is 9.36. The molecule has 0 aliphatic carbocycles. The molecular formula is C20H16O12S4. The molecule has 0 aromatic heterocycles. The van der Waals surface area contributed by atoms with Crippen LogP contribution in [0.15, 0.2) is 92.4 Å². The molecule has 0 saturated heterocycles. The molecule has 0 bridgehead atoms. The third kappa shape index (κ3) is 5.88. The Morgan fingerprint density at radius 2 is 0.806 bits per heavy atom. The summed E-state index contributed by atoms with van der Waals surface area (Å²) in [6.07, 6.45) is 0. The SMILES string of the molecule is O=S(=O)(O)c1ccc2ccccc2c1S(=O)(=O)O.O=S(=O)(O)c1cccc2c(S(=O)(=O)O)cccc12. The van der Waals surface area contributed by atoms with Gasteiger partial charge in [-0.1, -0.05) is 54.6 Å². The predicted octanol–water partition coefficient (Wildman–Crippen LogP) is 2.67. The summed E-state index contributed by atoms with van der Waals surface area (Å²) in [6, 6.07) is 15.8. The minimum absolute atomic E-state index is 0.0233. The number of hydrogen-bond donors (Lipinski definition) is 4. The molecule has 4 aromatic rings. The Morgan fingerprint density at radius 1 is 0.389 bits per heavy atom. The molecule has 4 N–H and O–H groups in total. The van der Waals surface area contributed by atoms with Crippen molar-refractivity contribution < 1.29 is 51.9 Å². The van der Waals surface area contributed by atoms with Gasteiger partial charge < -0.3 is 0 Å². The molecule has 16 heteroatoms. The Hall–Kier alpha value is -2.96. The third-order valence-corrected chi connectivity index (χ3v) is 8.58. The zero-order valence-electron chi connectivity index (χ0n) is 17.6. The Kier molecular flexibility index (Phi) is 7.28. The molecule has 36 heavy (non-hydrogen) atoms. The van der Waals surface area contributed by atoms with Gasteiger partial charge in [0.05, 0.1) is 0 Å². The van der Waals surface area contributed by atoms with Crippen molar-refractivity contribution in [1.82, 2.24) is 0 Å². The summed E-state index contributed by atoms with van der Waals surface area (Å²) in [5.74, 6) is 0. The summed E-state index contributed by atoms with van der Waals surface area (Å²) < 4.78 is 126. The fourth-order valence-corrected chi connectivity index (χ4v) is 6.81. The zero-order chi connectivity index (χ0) is 27.1. The van der Waals surface area contributed by atoms with E-state index in [9.17, 15) is 33.7 Å². The molecule has 0 aliphatic rings. The van der Waals surface area contributed by atoms with Gasteiger partial charge >= 0.3 is 0 Å². The summed E-state index contributed by atoms with van der Waals surface area (Å²) in [6.45, 7) is 0. The highest BCUT2D eigenvalue weighted by atomic mass is 32.2. The topological polar surface area (TPSA) is 217 Å². The van der Waals surface area contributed by atoms with Crippen LogP contribution in [0.5, 0.6) is 0 Å². The Balaban J connectivity index is 0.000000201. The van der Waals surface area contributed by atoms with E-state index in [0.29, 0.717) is 5.39 Å². The second-order valence-electron chi connectivity index (χ2n) is 7.12. The summed E-state index contributed by atoms with van der Waals surface area (Å²) in [4.78, 5) is -2.48. The molecule has 0 spiro atoms. The predicted molar refractivity (Wildman–Crippen MR) is 127 cm³/mol. The first kappa shape index (κ1) is 27.6. The average Bonchev–Trinajstić information content (AvgIpc) is 2.75. The molecule has 0 unspecified atom stereocenters. The standard InChI is InChI=1S/2C10H8O6S2/c11-17(12,13)9-5-1-3-7-8(9)4-2-6-10(7)18(14,15)16;11-17(12,13)9-6-5-7-3-1-2-4-8(7)10(9)18(14,15)16/h2*1-6H,(H,11,12,13)(H,14,15,16). The molecule has 0 amide bonds. The first-order valence-corrected chi connectivity index (χ1v) is 15.1. The first-order chi connectivity index (χ1) is 16.4. The van der Waals surface area contributed by atoms with E-state index in [1.807, 2.05) is 0 Å². The quantitative estimate of drug-likeness (QED) is 0.258. The number of fused-ring (bicyclic) bond motifs is 2. The van der Waals surface area contributed by atoms with Crippen molar-refractivity contribution in [1.29, 1.82) is 0 Å². The van der Waals surface area contributed by atoms with Crippen molar-refractivity contribution in [2.75, 3.05) is 0 Å². The lowest BCUT2D eigenvalue weighted by molar-refractivity contribution is 0.467. The smallest absolute Gasteiger partial charge is 0.282 e. The van der Waals surface area contributed by atoms with Gasteiger partial charge in [-0.25, -0.2) is 0 Å². The monoisotopic (exact) mass is 576 g/mol. The molecule has 4 aromatic carbocycles. The van der Waals surface area contributed by atoms with Gasteiger partial charge in [-0.05, 0) is 23.6 Å². The van der Waals surface area contributed by atoms with E-state index >= 15 is 0 Å². The van der Waals surface area contributed by atoms with Crippen molar-refractivity contribution in [2.24, 2.45) is 0 Å². The van der Waals surface area contributed by atoms with Crippen LogP contribution in [0.3, 0.4) is 0 Å². The van der Waals surface area contributed by atoms with E-state index in [-0.39, 0.29) is 16.2 Å². The van der Waals surface area contributed by atoms with Crippen LogP contribution >= 0.6 is 0 Å². The molecule has 192 valence electrons. The van der Waals surface area contributed by atoms with Gasteiger partial charge in [0.15, 0.2) is 0 Å². The molecule has 12 nitrogen and oxygen atoms in total. The van der Waals surface area contributed by atoms with E-state index in [2.05, 4.69) is 0 Å². The van der Waals surface area contributed by atoms with Crippen LogP contribution in [0.4, 0.5) is 0 Å². The second-order valence-corrected chi connectivity index (χ2v) is 12.6. The maximum absolute atomic E-state index is 11.3. The molecule has 0 heterocycles. The molecule has 0 aliphatic heterocycles. The largest absolute Gasteiger partial charge is 0.296 e. The van der Waals surface area contributed by atoms with E-state index < -0.39 is 60.1 Å². The van der Waals surface area contributed by atoms with Gasteiger partial charge in [0.2, 0.25) is 0 Å². The number of rotatable bonds is 4. The van der Waals surface area contributed by atoms with E-state index in [1.165, 1.54) is 42.5 Å². The van der Waals surface area contributed by atoms with Crippen LogP contribution < -0.4 is 0 Å². The van der Waals surface area contributed by atoms with E-state index in [4.69, 9.17) is 18.2 Å². The van der Waals surface area contributed by atoms with Crippen LogP contribution in [-0.2, 0) is 40.5 Å². The maximum atomic E-state index is 11.3. The second kappa shape index (κ2) is 9.49. The van der Waals surface area contributed by atoms with Crippen LogP contribution in [-0.4, -0.2) is 51.9 Å². The Morgan fingerprint density at radius 3 is 1.22 bits per heavy atom. The van der Waals surface area contributed by atoms with Crippen LogP contribution in [0.25, 0.3) is 21.5 Å². The highest BCUT2D eigenvalue weighted by Gasteiger charge is 2.26. The minimum atomic E-state index is -4.78. The molecule has 0 fully saturated rings. The van der Waals surface area contributed by atoms with Crippen molar-refractivity contribution in [2.45, 2.75) is 19.6 Å². The van der Waals surface area contributed by atoms with Gasteiger partial charge in [0, 0.05) is 16.2 Å². The van der Waals surface area contributed by atoms with Gasteiger partial charge in [0.25, 0.3) is 40.5 Å². The fourth-order valence-electron chi connectivity index (χ4n) is 3.39. The van der Waals surface area contributed by atoms with Gasteiger partial charge in [-0.15, -0.1) is 0 Å². The Labute approximate surface area is 205 Å². The highest BCUT2D eigenvalue weighted by Crippen LogP contribution is 2.30. The van der Waals surface area contributed by atoms with Crippen LogP contribution in [0, 0.1) is 0 Å². The van der Waals surface area contributed by atoms with Crippen molar-refractivity contribution >= 4 is 62.0 Å². The van der Waals surface area contributed by atoms with E-state index in [1.54, 1.807) is 12.1 Å². The Bertz CT molecular complexity index is 1860. The molecule has 0 atom stereocenters. The lowest BCUT2D eigenvalue weighted by Gasteiger charge is -2.08. The van der Waals surface area contributed by atoms with Crippen molar-refractivity contribution in [3.8, 4) is 0 Å². The summed E-state index contributed by atoms with van der Waals surface area (Å²) >= 11 is 0. The van der Waals surface area contributed by atoms with Crippen molar-refractivity contribution in [3.63, 3.8) is 0 Å². The zero-order valence-corrected chi connectivity index (χ0v) is 20.9. The lowest BCUT2D eigenvalue weighted by atomic mass is 10.1. The maximum Gasteiger partial charge on any atom is 0.296 e. The van der Waals surface area contributed by atoms with Gasteiger partial charge in [-0.3, -0.25) is 18.2 Å².